The van der Waals surface area contributed by atoms with Crippen molar-refractivity contribution in [2.75, 3.05) is 19.8 Å². The predicted molar refractivity (Wildman–Crippen MR) is 50.1 cm³/mol. The minimum Gasteiger partial charge on any atom is -0.465 e. The summed E-state index contributed by atoms with van der Waals surface area (Å²) in [4.78, 5) is 11.4. The molecule has 0 bridgehead atoms. The van der Waals surface area contributed by atoms with E-state index in [9.17, 15) is 4.79 Å². The SMILES string of the molecule is CCC(C)(CO)C(=O)OCCCN. The number of carbonyl (C=O) groups is 1. The lowest BCUT2D eigenvalue weighted by Crippen LogP contribution is -2.33. The number of hydrogen-bond acceptors (Lipinski definition) is 4. The fraction of sp³-hybridized carbons (Fsp3) is 0.889. The summed E-state index contributed by atoms with van der Waals surface area (Å²) in [6, 6.07) is 0. The molecule has 3 N–H and O–H groups in total. The fourth-order valence-electron chi connectivity index (χ4n) is 0.743. The van der Waals surface area contributed by atoms with Crippen molar-refractivity contribution in [3.8, 4) is 0 Å². The topological polar surface area (TPSA) is 72.5 Å². The van der Waals surface area contributed by atoms with Crippen LogP contribution in [0.4, 0.5) is 0 Å². The van der Waals surface area contributed by atoms with E-state index < -0.39 is 5.41 Å². The molecule has 13 heavy (non-hydrogen) atoms. The number of esters is 1. The van der Waals surface area contributed by atoms with Gasteiger partial charge < -0.3 is 15.6 Å². The van der Waals surface area contributed by atoms with Gasteiger partial charge in [0.05, 0.1) is 18.6 Å². The standard InChI is InChI=1S/C9H19NO3/c1-3-9(2,7-11)8(12)13-6-4-5-10/h11H,3-7,10H2,1-2H3. The molecule has 1 unspecified atom stereocenters. The molecule has 1 atom stereocenters. The second-order valence-electron chi connectivity index (χ2n) is 3.35. The highest BCUT2D eigenvalue weighted by molar-refractivity contribution is 5.76. The Hall–Kier alpha value is -0.610. The van der Waals surface area contributed by atoms with E-state index in [2.05, 4.69) is 0 Å². The molecule has 4 nitrogen and oxygen atoms in total. The Kier molecular flexibility index (Phi) is 5.66. The average molecular weight is 189 g/mol. The quantitative estimate of drug-likeness (QED) is 0.465. The first-order chi connectivity index (χ1) is 6.10. The van der Waals surface area contributed by atoms with Crippen molar-refractivity contribution in [3.63, 3.8) is 0 Å². The number of carbonyl (C=O) groups excluding carboxylic acids is 1. The van der Waals surface area contributed by atoms with Crippen molar-refractivity contribution in [1.82, 2.24) is 0 Å². The van der Waals surface area contributed by atoms with Crippen molar-refractivity contribution in [2.24, 2.45) is 11.1 Å². The van der Waals surface area contributed by atoms with Crippen LogP contribution in [0.25, 0.3) is 0 Å². The number of nitrogens with two attached hydrogens (primary N) is 1. The summed E-state index contributed by atoms with van der Waals surface area (Å²) >= 11 is 0. The van der Waals surface area contributed by atoms with Crippen LogP contribution in [0.5, 0.6) is 0 Å². The highest BCUT2D eigenvalue weighted by atomic mass is 16.5. The number of aliphatic hydroxyl groups is 1. The maximum absolute atomic E-state index is 11.4. The molecule has 0 aromatic rings. The zero-order valence-corrected chi connectivity index (χ0v) is 8.38. The second-order valence-corrected chi connectivity index (χ2v) is 3.35. The molecule has 0 heterocycles. The Morgan fingerprint density at radius 3 is 2.62 bits per heavy atom. The van der Waals surface area contributed by atoms with E-state index in [1.54, 1.807) is 6.92 Å². The first-order valence-corrected chi connectivity index (χ1v) is 4.59. The Bertz CT molecular complexity index is 155. The molecule has 0 aliphatic rings. The van der Waals surface area contributed by atoms with Crippen LogP contribution in [0.15, 0.2) is 0 Å². The summed E-state index contributed by atoms with van der Waals surface area (Å²) in [6.07, 6.45) is 1.24. The highest BCUT2D eigenvalue weighted by Crippen LogP contribution is 2.21. The Morgan fingerprint density at radius 1 is 1.62 bits per heavy atom. The molecule has 0 radical (unpaired) electrons. The largest absolute Gasteiger partial charge is 0.465 e. The summed E-state index contributed by atoms with van der Waals surface area (Å²) in [7, 11) is 0. The van der Waals surface area contributed by atoms with E-state index >= 15 is 0 Å². The van der Waals surface area contributed by atoms with E-state index in [4.69, 9.17) is 15.6 Å². The Labute approximate surface area is 79.1 Å². The molecule has 0 rings (SSSR count). The van der Waals surface area contributed by atoms with Crippen LogP contribution >= 0.6 is 0 Å². The van der Waals surface area contributed by atoms with Gasteiger partial charge in [0.15, 0.2) is 0 Å². The van der Waals surface area contributed by atoms with Gasteiger partial charge in [-0.2, -0.15) is 0 Å². The molecule has 0 aromatic heterocycles. The van der Waals surface area contributed by atoms with Gasteiger partial charge in [-0.25, -0.2) is 0 Å². The normalized spacial score (nSPS) is 15.1. The minimum atomic E-state index is -0.755. The predicted octanol–water partition coefficient (Wildman–Crippen LogP) is 0.287. The number of ether oxygens (including phenoxy) is 1. The van der Waals surface area contributed by atoms with Gasteiger partial charge in [-0.1, -0.05) is 6.92 Å². The Morgan fingerprint density at radius 2 is 2.23 bits per heavy atom. The van der Waals surface area contributed by atoms with Gasteiger partial charge in [-0.3, -0.25) is 4.79 Å². The van der Waals surface area contributed by atoms with Crippen LogP contribution in [-0.2, 0) is 9.53 Å². The summed E-state index contributed by atoms with van der Waals surface area (Å²) < 4.78 is 4.95. The van der Waals surface area contributed by atoms with E-state index in [0.717, 1.165) is 0 Å². The molecule has 0 saturated heterocycles. The maximum atomic E-state index is 11.4. The molecule has 78 valence electrons. The Balaban J connectivity index is 3.92. The third-order valence-corrected chi connectivity index (χ3v) is 2.20. The van der Waals surface area contributed by atoms with Gasteiger partial charge in [0.2, 0.25) is 0 Å². The van der Waals surface area contributed by atoms with Crippen molar-refractivity contribution in [2.45, 2.75) is 26.7 Å². The molecule has 4 heteroatoms. The van der Waals surface area contributed by atoms with Crippen molar-refractivity contribution < 1.29 is 14.6 Å². The second kappa shape index (κ2) is 5.94. The maximum Gasteiger partial charge on any atom is 0.314 e. The lowest BCUT2D eigenvalue weighted by atomic mass is 9.89. The van der Waals surface area contributed by atoms with E-state index in [-0.39, 0.29) is 12.6 Å². The lowest BCUT2D eigenvalue weighted by molar-refractivity contribution is -0.157. The van der Waals surface area contributed by atoms with E-state index in [1.165, 1.54) is 0 Å². The first kappa shape index (κ1) is 12.4. The molecule has 0 saturated carbocycles. The van der Waals surface area contributed by atoms with Crippen LogP contribution in [0.3, 0.4) is 0 Å². The number of hydrogen-bond donors (Lipinski definition) is 2. The van der Waals surface area contributed by atoms with Crippen molar-refractivity contribution in [3.05, 3.63) is 0 Å². The smallest absolute Gasteiger partial charge is 0.314 e. The summed E-state index contributed by atoms with van der Waals surface area (Å²) in [5.74, 6) is -0.342. The fourth-order valence-corrected chi connectivity index (χ4v) is 0.743. The van der Waals surface area contributed by atoms with E-state index in [1.807, 2.05) is 6.92 Å². The van der Waals surface area contributed by atoms with Gasteiger partial charge in [-0.15, -0.1) is 0 Å². The van der Waals surface area contributed by atoms with Gasteiger partial charge in [-0.05, 0) is 26.3 Å². The average Bonchev–Trinajstić information content (AvgIpc) is 2.17. The monoisotopic (exact) mass is 189 g/mol. The van der Waals surface area contributed by atoms with Gasteiger partial charge in [0.25, 0.3) is 0 Å². The third-order valence-electron chi connectivity index (χ3n) is 2.20. The minimum absolute atomic E-state index is 0.176. The molecule has 0 aliphatic heterocycles. The van der Waals surface area contributed by atoms with Crippen LogP contribution in [-0.4, -0.2) is 30.8 Å². The molecular weight excluding hydrogens is 170 g/mol. The number of rotatable bonds is 6. The molecule has 0 fully saturated rings. The molecule has 0 amide bonds. The third kappa shape index (κ3) is 3.74. The van der Waals surface area contributed by atoms with Gasteiger partial charge >= 0.3 is 5.97 Å². The molecule has 0 spiro atoms. The first-order valence-electron chi connectivity index (χ1n) is 4.59. The zero-order valence-electron chi connectivity index (χ0n) is 8.38. The molecule has 0 aromatic carbocycles. The molecular formula is C9H19NO3. The van der Waals surface area contributed by atoms with Crippen LogP contribution in [0.2, 0.25) is 0 Å². The molecule has 0 aliphatic carbocycles. The zero-order chi connectivity index (χ0) is 10.3. The van der Waals surface area contributed by atoms with Crippen LogP contribution in [0, 0.1) is 5.41 Å². The summed E-state index contributed by atoms with van der Waals surface area (Å²) in [5, 5.41) is 8.99. The summed E-state index contributed by atoms with van der Waals surface area (Å²) in [6.45, 7) is 4.21. The van der Waals surface area contributed by atoms with Crippen molar-refractivity contribution >= 4 is 5.97 Å². The highest BCUT2D eigenvalue weighted by Gasteiger charge is 2.31. The number of aliphatic hydroxyl groups excluding tert-OH is 1. The van der Waals surface area contributed by atoms with Gasteiger partial charge in [0.1, 0.15) is 0 Å². The van der Waals surface area contributed by atoms with Crippen LogP contribution < -0.4 is 5.73 Å². The lowest BCUT2D eigenvalue weighted by Gasteiger charge is -2.22. The summed E-state index contributed by atoms with van der Waals surface area (Å²) in [5.41, 5.74) is 4.49. The van der Waals surface area contributed by atoms with Crippen LogP contribution in [0.1, 0.15) is 26.7 Å². The van der Waals surface area contributed by atoms with E-state index in [0.29, 0.717) is 26.0 Å². The van der Waals surface area contributed by atoms with Crippen molar-refractivity contribution in [1.29, 1.82) is 0 Å². The van der Waals surface area contributed by atoms with Gasteiger partial charge in [0, 0.05) is 0 Å².